The van der Waals surface area contributed by atoms with Crippen molar-refractivity contribution in [3.63, 3.8) is 0 Å². The fourth-order valence-electron chi connectivity index (χ4n) is 2.52. The second-order valence-corrected chi connectivity index (χ2v) is 7.06. The summed E-state index contributed by atoms with van der Waals surface area (Å²) in [5.41, 5.74) is 7.04. The lowest BCUT2D eigenvalue weighted by Gasteiger charge is -2.20. The van der Waals surface area contributed by atoms with Crippen molar-refractivity contribution in [1.29, 1.82) is 0 Å². The highest BCUT2D eigenvalue weighted by molar-refractivity contribution is 5.68. The Morgan fingerprint density at radius 3 is 2.15 bits per heavy atom. The van der Waals surface area contributed by atoms with Gasteiger partial charge in [-0.3, -0.25) is 0 Å². The Morgan fingerprint density at radius 1 is 0.900 bits per heavy atom. The maximum absolute atomic E-state index is 2.33. The van der Waals surface area contributed by atoms with Crippen LogP contribution in [0.15, 0.2) is 42.5 Å². The average molecular weight is 266 g/mol. The van der Waals surface area contributed by atoms with E-state index in [1.807, 2.05) is 0 Å². The van der Waals surface area contributed by atoms with Crippen molar-refractivity contribution in [3.05, 3.63) is 59.2 Å². The van der Waals surface area contributed by atoms with Gasteiger partial charge in [-0.25, -0.2) is 0 Å². The van der Waals surface area contributed by atoms with E-state index in [9.17, 15) is 0 Å². The van der Waals surface area contributed by atoms with E-state index >= 15 is 0 Å². The Morgan fingerprint density at radius 2 is 1.60 bits per heavy atom. The minimum Gasteiger partial charge on any atom is -0.0614 e. The van der Waals surface area contributed by atoms with Crippen LogP contribution in [-0.2, 0) is 5.41 Å². The largest absolute Gasteiger partial charge is 0.0614 e. The molecule has 0 aliphatic rings. The van der Waals surface area contributed by atoms with Crippen LogP contribution in [0.3, 0.4) is 0 Å². The van der Waals surface area contributed by atoms with Gasteiger partial charge in [-0.15, -0.1) is 0 Å². The third-order valence-corrected chi connectivity index (χ3v) is 3.96. The molecular weight excluding hydrogens is 240 g/mol. The van der Waals surface area contributed by atoms with E-state index in [-0.39, 0.29) is 5.41 Å². The van der Waals surface area contributed by atoms with E-state index in [1.54, 1.807) is 0 Å². The third-order valence-electron chi connectivity index (χ3n) is 3.96. The lowest BCUT2D eigenvalue weighted by molar-refractivity contribution is 0.590. The van der Waals surface area contributed by atoms with Gasteiger partial charge in [0.25, 0.3) is 0 Å². The van der Waals surface area contributed by atoms with Crippen LogP contribution in [-0.4, -0.2) is 0 Å². The van der Waals surface area contributed by atoms with Crippen molar-refractivity contribution in [2.24, 2.45) is 0 Å². The molecule has 0 atom stereocenters. The standard InChI is InChI=1S/C20H26/c1-14(2)16-10-11-19(15(3)12-16)17-8-7-9-18(13-17)20(4,5)6/h7-14H,1-6H3. The molecule has 0 bridgehead atoms. The van der Waals surface area contributed by atoms with Gasteiger partial charge in [0.15, 0.2) is 0 Å². The Labute approximate surface area is 123 Å². The molecule has 0 N–H and O–H groups in total. The van der Waals surface area contributed by atoms with Crippen LogP contribution in [0, 0.1) is 6.92 Å². The molecule has 2 aromatic rings. The lowest BCUT2D eigenvalue weighted by Crippen LogP contribution is -2.10. The first-order valence-corrected chi connectivity index (χ1v) is 7.50. The zero-order valence-electron chi connectivity index (χ0n) is 13.6. The van der Waals surface area contributed by atoms with Crippen molar-refractivity contribution in [1.82, 2.24) is 0 Å². The number of benzene rings is 2. The minimum absolute atomic E-state index is 0.196. The third kappa shape index (κ3) is 3.12. The summed E-state index contributed by atoms with van der Waals surface area (Å²) >= 11 is 0. The molecule has 2 aromatic carbocycles. The molecule has 0 saturated carbocycles. The second-order valence-electron chi connectivity index (χ2n) is 7.06. The van der Waals surface area contributed by atoms with E-state index in [1.165, 1.54) is 27.8 Å². The van der Waals surface area contributed by atoms with Gasteiger partial charge >= 0.3 is 0 Å². The molecule has 0 heteroatoms. The molecule has 0 heterocycles. The summed E-state index contributed by atoms with van der Waals surface area (Å²) < 4.78 is 0. The van der Waals surface area contributed by atoms with Crippen molar-refractivity contribution < 1.29 is 0 Å². The molecule has 0 aliphatic heterocycles. The first-order valence-electron chi connectivity index (χ1n) is 7.50. The topological polar surface area (TPSA) is 0 Å². The van der Waals surface area contributed by atoms with Gasteiger partial charge in [-0.05, 0) is 46.1 Å². The van der Waals surface area contributed by atoms with Crippen LogP contribution in [0.4, 0.5) is 0 Å². The fourth-order valence-corrected chi connectivity index (χ4v) is 2.52. The number of rotatable bonds is 2. The summed E-state index contributed by atoms with van der Waals surface area (Å²) in [6, 6.07) is 15.8. The highest BCUT2D eigenvalue weighted by Crippen LogP contribution is 2.30. The summed E-state index contributed by atoms with van der Waals surface area (Å²) in [5.74, 6) is 0.587. The predicted octanol–water partition coefficient (Wildman–Crippen LogP) is 6.08. The molecule has 106 valence electrons. The molecule has 0 nitrogen and oxygen atoms in total. The van der Waals surface area contributed by atoms with Crippen LogP contribution < -0.4 is 0 Å². The van der Waals surface area contributed by atoms with Crippen LogP contribution in [0.5, 0.6) is 0 Å². The van der Waals surface area contributed by atoms with Gasteiger partial charge in [0.1, 0.15) is 0 Å². The molecule has 2 rings (SSSR count). The average Bonchev–Trinajstić information content (AvgIpc) is 2.37. The van der Waals surface area contributed by atoms with Crippen molar-refractivity contribution in [2.45, 2.75) is 52.9 Å². The van der Waals surface area contributed by atoms with E-state index in [2.05, 4.69) is 84.0 Å². The summed E-state index contributed by atoms with van der Waals surface area (Å²) in [4.78, 5) is 0. The summed E-state index contributed by atoms with van der Waals surface area (Å²) in [5, 5.41) is 0. The van der Waals surface area contributed by atoms with Crippen molar-refractivity contribution in [3.8, 4) is 11.1 Å². The van der Waals surface area contributed by atoms with Gasteiger partial charge in [-0.2, -0.15) is 0 Å². The van der Waals surface area contributed by atoms with E-state index in [0.717, 1.165) is 0 Å². The minimum atomic E-state index is 0.196. The summed E-state index contributed by atoms with van der Waals surface area (Å²) in [6.07, 6.45) is 0. The molecular formula is C20H26. The summed E-state index contributed by atoms with van der Waals surface area (Å²) in [6.45, 7) is 13.5. The van der Waals surface area contributed by atoms with Crippen LogP contribution >= 0.6 is 0 Å². The van der Waals surface area contributed by atoms with E-state index in [4.69, 9.17) is 0 Å². The molecule has 0 saturated heterocycles. The highest BCUT2D eigenvalue weighted by Gasteiger charge is 2.14. The van der Waals surface area contributed by atoms with Crippen molar-refractivity contribution >= 4 is 0 Å². The van der Waals surface area contributed by atoms with Gasteiger partial charge in [0, 0.05) is 0 Å². The molecule has 0 aliphatic carbocycles. The second kappa shape index (κ2) is 5.44. The number of hydrogen-bond donors (Lipinski definition) is 0. The number of aryl methyl sites for hydroxylation is 1. The molecule has 0 aromatic heterocycles. The molecule has 0 unspecified atom stereocenters. The van der Waals surface area contributed by atoms with Crippen LogP contribution in [0.25, 0.3) is 11.1 Å². The summed E-state index contributed by atoms with van der Waals surface area (Å²) in [7, 11) is 0. The normalized spacial score (nSPS) is 11.9. The van der Waals surface area contributed by atoms with Gasteiger partial charge in [0.2, 0.25) is 0 Å². The maximum atomic E-state index is 2.33. The maximum Gasteiger partial charge on any atom is -0.0132 e. The molecule has 20 heavy (non-hydrogen) atoms. The fraction of sp³-hybridized carbons (Fsp3) is 0.400. The van der Waals surface area contributed by atoms with E-state index in [0.29, 0.717) is 5.92 Å². The number of hydrogen-bond acceptors (Lipinski definition) is 0. The lowest BCUT2D eigenvalue weighted by atomic mass is 9.85. The van der Waals surface area contributed by atoms with Crippen LogP contribution in [0.2, 0.25) is 0 Å². The Balaban J connectivity index is 2.47. The molecule has 0 radical (unpaired) electrons. The molecule has 0 spiro atoms. The zero-order chi connectivity index (χ0) is 14.9. The molecule has 0 amide bonds. The Bertz CT molecular complexity index is 598. The molecule has 0 fully saturated rings. The van der Waals surface area contributed by atoms with Crippen molar-refractivity contribution in [2.75, 3.05) is 0 Å². The van der Waals surface area contributed by atoms with Gasteiger partial charge in [0.05, 0.1) is 0 Å². The SMILES string of the molecule is Cc1cc(C(C)C)ccc1-c1cccc(C(C)(C)C)c1. The predicted molar refractivity (Wildman–Crippen MR) is 89.4 cm³/mol. The Kier molecular flexibility index (Phi) is 4.04. The van der Waals surface area contributed by atoms with Gasteiger partial charge in [-0.1, -0.05) is 77.1 Å². The Hall–Kier alpha value is -1.56. The zero-order valence-corrected chi connectivity index (χ0v) is 13.6. The van der Waals surface area contributed by atoms with E-state index < -0.39 is 0 Å². The van der Waals surface area contributed by atoms with Gasteiger partial charge < -0.3 is 0 Å². The highest BCUT2D eigenvalue weighted by atomic mass is 14.2. The van der Waals surface area contributed by atoms with Crippen LogP contribution in [0.1, 0.15) is 57.2 Å². The first kappa shape index (κ1) is 14.8. The quantitative estimate of drug-likeness (QED) is 0.617. The first-order chi connectivity index (χ1) is 9.29. The monoisotopic (exact) mass is 266 g/mol. The smallest absolute Gasteiger partial charge is 0.0132 e.